The largest absolute Gasteiger partial charge is 0.357 e. The van der Waals surface area contributed by atoms with Crippen molar-refractivity contribution in [1.82, 2.24) is 19.8 Å². The summed E-state index contributed by atoms with van der Waals surface area (Å²) < 4.78 is 56.7. The summed E-state index contributed by atoms with van der Waals surface area (Å²) in [6.45, 7) is 5.41. The summed E-state index contributed by atoms with van der Waals surface area (Å²) in [5, 5.41) is 3.09. The molecule has 0 amide bonds. The molecule has 1 aliphatic heterocycles. The second-order valence-electron chi connectivity index (χ2n) is 6.91. The molecule has 1 saturated heterocycles. The first-order chi connectivity index (χ1) is 13.4. The van der Waals surface area contributed by atoms with E-state index in [0.717, 1.165) is 6.42 Å². The highest BCUT2D eigenvalue weighted by atomic mass is 19.2. The van der Waals surface area contributed by atoms with Crippen molar-refractivity contribution in [2.24, 2.45) is 10.9 Å². The van der Waals surface area contributed by atoms with Gasteiger partial charge in [0.25, 0.3) is 0 Å². The Labute approximate surface area is 161 Å². The van der Waals surface area contributed by atoms with Gasteiger partial charge in [-0.25, -0.2) is 27.5 Å². The van der Waals surface area contributed by atoms with Crippen LogP contribution in [0, 0.1) is 29.2 Å². The number of halogens is 4. The minimum absolute atomic E-state index is 0.167. The molecule has 2 atom stereocenters. The van der Waals surface area contributed by atoms with E-state index in [0.29, 0.717) is 31.5 Å². The third kappa shape index (κ3) is 4.13. The van der Waals surface area contributed by atoms with Crippen molar-refractivity contribution in [3.05, 3.63) is 53.6 Å². The molecule has 0 radical (unpaired) electrons. The lowest BCUT2D eigenvalue weighted by Gasteiger charge is -2.39. The predicted molar refractivity (Wildman–Crippen MR) is 97.7 cm³/mol. The first-order valence-electron chi connectivity index (χ1n) is 9.24. The van der Waals surface area contributed by atoms with E-state index in [1.807, 2.05) is 22.6 Å². The van der Waals surface area contributed by atoms with Gasteiger partial charge in [0.2, 0.25) is 0 Å². The number of nitrogens with one attached hydrogen (secondary N) is 1. The van der Waals surface area contributed by atoms with Crippen molar-refractivity contribution in [3.8, 4) is 0 Å². The molecule has 1 fully saturated rings. The summed E-state index contributed by atoms with van der Waals surface area (Å²) in [6, 6.07) is 0.366. The van der Waals surface area contributed by atoms with Gasteiger partial charge < -0.3 is 14.8 Å². The number of piperidine rings is 1. The summed E-state index contributed by atoms with van der Waals surface area (Å²) in [5.41, 5.74) is -0.718. The number of hydrogen-bond acceptors (Lipinski definition) is 2. The number of benzene rings is 1. The van der Waals surface area contributed by atoms with Crippen molar-refractivity contribution >= 4 is 5.96 Å². The third-order valence-electron chi connectivity index (χ3n) is 5.05. The smallest absolute Gasteiger partial charge is 0.194 e. The molecule has 0 aliphatic carbocycles. The standard InChI is InChI=1S/C19H23F4N5/c1-3-25-19(26-9-13-17(22)14(20)8-15(21)18(13)23)27-6-4-12(2)16(10-27)28-7-5-24-11-28/h5,7-8,11-12,16H,3-4,6,9-10H2,1-2H3,(H,25,26). The van der Waals surface area contributed by atoms with E-state index in [9.17, 15) is 17.6 Å². The zero-order chi connectivity index (χ0) is 20.3. The Bertz CT molecular complexity index is 811. The van der Waals surface area contributed by atoms with Crippen LogP contribution in [-0.4, -0.2) is 40.0 Å². The molecule has 152 valence electrons. The van der Waals surface area contributed by atoms with Crippen molar-refractivity contribution < 1.29 is 17.6 Å². The molecule has 1 N–H and O–H groups in total. The fraction of sp³-hybridized carbons (Fsp3) is 0.474. The number of rotatable bonds is 4. The summed E-state index contributed by atoms with van der Waals surface area (Å²) in [4.78, 5) is 10.3. The molecular weight excluding hydrogens is 374 g/mol. The molecule has 2 heterocycles. The molecule has 0 spiro atoms. The fourth-order valence-corrected chi connectivity index (χ4v) is 3.44. The quantitative estimate of drug-likeness (QED) is 0.372. The van der Waals surface area contributed by atoms with Gasteiger partial charge in [0.05, 0.1) is 24.5 Å². The van der Waals surface area contributed by atoms with Crippen molar-refractivity contribution in [2.75, 3.05) is 19.6 Å². The van der Waals surface area contributed by atoms with Gasteiger partial charge in [0, 0.05) is 38.1 Å². The SMILES string of the molecule is CCNC(=NCc1c(F)c(F)cc(F)c1F)N1CCC(C)C(n2ccnc2)C1. The molecule has 5 nitrogen and oxygen atoms in total. The normalized spacial score (nSPS) is 20.5. The van der Waals surface area contributed by atoms with E-state index < -0.39 is 35.4 Å². The minimum Gasteiger partial charge on any atom is -0.357 e. The van der Waals surface area contributed by atoms with Gasteiger partial charge in [-0.2, -0.15) is 0 Å². The number of nitrogens with zero attached hydrogens (tertiary/aromatic N) is 4. The van der Waals surface area contributed by atoms with E-state index in [2.05, 4.69) is 22.2 Å². The highest BCUT2D eigenvalue weighted by molar-refractivity contribution is 5.80. The van der Waals surface area contributed by atoms with Crippen LogP contribution in [0.15, 0.2) is 29.8 Å². The molecule has 2 unspecified atom stereocenters. The third-order valence-corrected chi connectivity index (χ3v) is 5.05. The van der Waals surface area contributed by atoms with Gasteiger partial charge in [0.15, 0.2) is 29.2 Å². The van der Waals surface area contributed by atoms with Crippen LogP contribution in [0.5, 0.6) is 0 Å². The van der Waals surface area contributed by atoms with E-state index >= 15 is 0 Å². The Morgan fingerprint density at radius 2 is 1.96 bits per heavy atom. The lowest BCUT2D eigenvalue weighted by atomic mass is 9.93. The van der Waals surface area contributed by atoms with E-state index in [1.54, 1.807) is 12.5 Å². The van der Waals surface area contributed by atoms with Crippen LogP contribution in [0.4, 0.5) is 17.6 Å². The van der Waals surface area contributed by atoms with Gasteiger partial charge in [-0.3, -0.25) is 0 Å². The van der Waals surface area contributed by atoms with E-state index in [-0.39, 0.29) is 12.1 Å². The van der Waals surface area contributed by atoms with Gasteiger partial charge in [-0.15, -0.1) is 0 Å². The van der Waals surface area contributed by atoms with Gasteiger partial charge in [0.1, 0.15) is 0 Å². The number of likely N-dealkylation sites (tertiary alicyclic amines) is 1. The Balaban J connectivity index is 1.84. The summed E-state index contributed by atoms with van der Waals surface area (Å²) in [5.74, 6) is -4.82. The van der Waals surface area contributed by atoms with E-state index in [4.69, 9.17) is 0 Å². The molecule has 28 heavy (non-hydrogen) atoms. The molecule has 1 aromatic heterocycles. The van der Waals surface area contributed by atoms with Crippen LogP contribution in [0.3, 0.4) is 0 Å². The lowest BCUT2D eigenvalue weighted by Crippen LogP contribution is -2.49. The summed E-state index contributed by atoms with van der Waals surface area (Å²) in [6.07, 6.45) is 6.27. The number of hydrogen-bond donors (Lipinski definition) is 1. The second-order valence-corrected chi connectivity index (χ2v) is 6.91. The summed E-state index contributed by atoms with van der Waals surface area (Å²) >= 11 is 0. The molecule has 1 aliphatic rings. The van der Waals surface area contributed by atoms with Crippen molar-refractivity contribution in [2.45, 2.75) is 32.9 Å². The topological polar surface area (TPSA) is 45.5 Å². The number of imidazole rings is 1. The highest BCUT2D eigenvalue weighted by Gasteiger charge is 2.29. The van der Waals surface area contributed by atoms with Crippen LogP contribution in [0.2, 0.25) is 0 Å². The average molecular weight is 397 g/mol. The first-order valence-corrected chi connectivity index (χ1v) is 9.24. The Kier molecular flexibility index (Phi) is 6.21. The van der Waals surface area contributed by atoms with Crippen LogP contribution in [-0.2, 0) is 6.54 Å². The maximum Gasteiger partial charge on any atom is 0.194 e. The van der Waals surface area contributed by atoms with Crippen LogP contribution < -0.4 is 5.32 Å². The summed E-state index contributed by atoms with van der Waals surface area (Å²) in [7, 11) is 0. The van der Waals surface area contributed by atoms with Crippen molar-refractivity contribution in [3.63, 3.8) is 0 Å². The second kappa shape index (κ2) is 8.62. The minimum atomic E-state index is -1.43. The molecule has 0 bridgehead atoms. The molecule has 1 aromatic carbocycles. The average Bonchev–Trinajstić information content (AvgIpc) is 3.20. The fourth-order valence-electron chi connectivity index (χ4n) is 3.44. The van der Waals surface area contributed by atoms with Gasteiger partial charge in [-0.05, 0) is 19.3 Å². The maximum absolute atomic E-state index is 13.9. The molecule has 2 aromatic rings. The van der Waals surface area contributed by atoms with Crippen LogP contribution in [0.25, 0.3) is 0 Å². The first kappa shape index (κ1) is 20.2. The van der Waals surface area contributed by atoms with Gasteiger partial charge >= 0.3 is 0 Å². The van der Waals surface area contributed by atoms with Gasteiger partial charge in [-0.1, -0.05) is 6.92 Å². The maximum atomic E-state index is 13.9. The lowest BCUT2D eigenvalue weighted by molar-refractivity contribution is 0.189. The Morgan fingerprint density at radius 3 is 2.57 bits per heavy atom. The predicted octanol–water partition coefficient (Wildman–Crippen LogP) is 3.49. The number of aromatic nitrogens is 2. The van der Waals surface area contributed by atoms with Crippen LogP contribution >= 0.6 is 0 Å². The molecule has 9 heteroatoms. The zero-order valence-electron chi connectivity index (χ0n) is 15.8. The Hall–Kier alpha value is -2.58. The molecular formula is C19H23F4N5. The number of guanidine groups is 1. The monoisotopic (exact) mass is 397 g/mol. The van der Waals surface area contributed by atoms with E-state index in [1.165, 1.54) is 0 Å². The Morgan fingerprint density at radius 1 is 1.25 bits per heavy atom. The molecule has 0 saturated carbocycles. The highest BCUT2D eigenvalue weighted by Crippen LogP contribution is 2.27. The zero-order valence-corrected chi connectivity index (χ0v) is 15.8. The van der Waals surface area contributed by atoms with Crippen LogP contribution in [0.1, 0.15) is 31.9 Å². The molecule has 3 rings (SSSR count). The van der Waals surface area contributed by atoms with Crippen molar-refractivity contribution in [1.29, 1.82) is 0 Å². The number of aliphatic imine (C=N–C) groups is 1.